The molecule has 2 fully saturated rings. The number of carbonyl (C=O) groups excluding carboxylic acids is 1. The van der Waals surface area contributed by atoms with Crippen LogP contribution in [0.4, 0.5) is 0 Å². The van der Waals surface area contributed by atoms with Crippen LogP contribution in [0.15, 0.2) is 11.4 Å². The average Bonchev–Trinajstić information content (AvgIpc) is 2.96. The number of rotatable bonds is 1. The summed E-state index contributed by atoms with van der Waals surface area (Å²) >= 11 is 7.42. The highest BCUT2D eigenvalue weighted by atomic mass is 35.5. The van der Waals surface area contributed by atoms with Gasteiger partial charge < -0.3 is 10.6 Å². The maximum Gasteiger partial charge on any atom is 0.265 e. The molecule has 1 saturated carbocycles. The zero-order valence-corrected chi connectivity index (χ0v) is 12.2. The van der Waals surface area contributed by atoms with Crippen LogP contribution in [0, 0.1) is 11.8 Å². The Hall–Kier alpha value is -0.290. The van der Waals surface area contributed by atoms with E-state index < -0.39 is 0 Å². The van der Waals surface area contributed by atoms with Crippen molar-refractivity contribution in [2.24, 2.45) is 17.6 Å². The summed E-state index contributed by atoms with van der Waals surface area (Å²) in [7, 11) is 0. The second-order valence-electron chi connectivity index (χ2n) is 4.97. The van der Waals surface area contributed by atoms with Gasteiger partial charge in [-0.15, -0.1) is 23.7 Å². The Labute approximate surface area is 122 Å². The third kappa shape index (κ3) is 2.27. The zero-order chi connectivity index (χ0) is 12.0. The van der Waals surface area contributed by atoms with E-state index in [1.165, 1.54) is 11.3 Å². The molecule has 0 spiro atoms. The first-order chi connectivity index (χ1) is 8.16. The minimum absolute atomic E-state index is 0. The van der Waals surface area contributed by atoms with Crippen LogP contribution in [0.2, 0.25) is 5.02 Å². The van der Waals surface area contributed by atoms with Gasteiger partial charge in [-0.1, -0.05) is 11.6 Å². The molecule has 1 aliphatic carbocycles. The molecule has 3 rings (SSSR count). The van der Waals surface area contributed by atoms with E-state index >= 15 is 0 Å². The topological polar surface area (TPSA) is 46.3 Å². The van der Waals surface area contributed by atoms with Crippen LogP contribution in [0.3, 0.4) is 0 Å². The Balaban J connectivity index is 0.00000120. The van der Waals surface area contributed by atoms with Crippen molar-refractivity contribution in [1.82, 2.24) is 4.90 Å². The van der Waals surface area contributed by atoms with E-state index in [0.29, 0.717) is 21.7 Å². The molecule has 18 heavy (non-hydrogen) atoms. The van der Waals surface area contributed by atoms with Gasteiger partial charge in [-0.2, -0.15) is 0 Å². The molecule has 0 bridgehead atoms. The molecular formula is C12H16Cl2N2OS. The smallest absolute Gasteiger partial charge is 0.265 e. The Morgan fingerprint density at radius 3 is 2.83 bits per heavy atom. The third-order valence-electron chi connectivity index (χ3n) is 4.01. The van der Waals surface area contributed by atoms with E-state index in [4.69, 9.17) is 17.3 Å². The number of amides is 1. The number of halogens is 2. The number of fused-ring (bicyclic) bond motifs is 1. The van der Waals surface area contributed by atoms with Crippen LogP contribution < -0.4 is 5.73 Å². The highest BCUT2D eigenvalue weighted by Gasteiger charge is 2.42. The van der Waals surface area contributed by atoms with Crippen LogP contribution in [-0.2, 0) is 0 Å². The van der Waals surface area contributed by atoms with Gasteiger partial charge in [-0.25, -0.2) is 0 Å². The average molecular weight is 307 g/mol. The second-order valence-corrected chi connectivity index (χ2v) is 6.30. The first kappa shape index (κ1) is 14.1. The van der Waals surface area contributed by atoms with Crippen molar-refractivity contribution in [3.63, 3.8) is 0 Å². The third-order valence-corrected chi connectivity index (χ3v) is 5.34. The van der Waals surface area contributed by atoms with Gasteiger partial charge in [0, 0.05) is 19.1 Å². The van der Waals surface area contributed by atoms with Crippen LogP contribution in [0.25, 0.3) is 0 Å². The van der Waals surface area contributed by atoms with Crippen LogP contribution in [-0.4, -0.2) is 29.9 Å². The molecule has 1 aromatic rings. The lowest BCUT2D eigenvalue weighted by Crippen LogP contribution is -2.33. The van der Waals surface area contributed by atoms with E-state index in [1.807, 2.05) is 10.3 Å². The van der Waals surface area contributed by atoms with Crippen LogP contribution >= 0.6 is 35.3 Å². The summed E-state index contributed by atoms with van der Waals surface area (Å²) in [6, 6.07) is 2.05. The van der Waals surface area contributed by atoms with E-state index in [1.54, 1.807) is 6.07 Å². The Bertz CT molecular complexity index is 451. The SMILES string of the molecule is Cl.NC1CCC2CN(C(=O)c3sccc3Cl)CC12. The lowest BCUT2D eigenvalue weighted by molar-refractivity contribution is 0.0784. The molecule has 0 aromatic carbocycles. The van der Waals surface area contributed by atoms with Crippen molar-refractivity contribution in [2.75, 3.05) is 13.1 Å². The molecule has 2 heterocycles. The summed E-state index contributed by atoms with van der Waals surface area (Å²) in [5, 5.41) is 2.43. The van der Waals surface area contributed by atoms with Gasteiger partial charge in [-0.05, 0) is 36.1 Å². The highest BCUT2D eigenvalue weighted by Crippen LogP contribution is 2.38. The number of thiophene rings is 1. The van der Waals surface area contributed by atoms with Gasteiger partial charge in [0.25, 0.3) is 5.91 Å². The molecule has 1 aromatic heterocycles. The first-order valence-electron chi connectivity index (χ1n) is 5.94. The lowest BCUT2D eigenvalue weighted by Gasteiger charge is -2.18. The molecule has 2 aliphatic rings. The number of carbonyl (C=O) groups is 1. The number of nitrogens with two attached hydrogens (primary N) is 1. The normalized spacial score (nSPS) is 30.1. The van der Waals surface area contributed by atoms with Crippen molar-refractivity contribution >= 4 is 41.3 Å². The second kappa shape index (κ2) is 5.37. The predicted octanol–water partition coefficient (Wildman–Crippen LogP) is 2.63. The first-order valence-corrected chi connectivity index (χ1v) is 7.20. The molecule has 3 atom stereocenters. The largest absolute Gasteiger partial charge is 0.337 e. The molecule has 1 amide bonds. The minimum Gasteiger partial charge on any atom is -0.337 e. The van der Waals surface area contributed by atoms with Gasteiger partial charge in [0.15, 0.2) is 0 Å². The molecule has 100 valence electrons. The van der Waals surface area contributed by atoms with Gasteiger partial charge in [0.2, 0.25) is 0 Å². The Morgan fingerprint density at radius 1 is 1.44 bits per heavy atom. The van der Waals surface area contributed by atoms with Gasteiger partial charge >= 0.3 is 0 Å². The molecule has 3 unspecified atom stereocenters. The Morgan fingerprint density at radius 2 is 2.22 bits per heavy atom. The van der Waals surface area contributed by atoms with Crippen molar-refractivity contribution in [2.45, 2.75) is 18.9 Å². The van der Waals surface area contributed by atoms with Crippen molar-refractivity contribution in [3.05, 3.63) is 21.3 Å². The molecule has 1 aliphatic heterocycles. The fourth-order valence-corrected chi connectivity index (χ4v) is 4.17. The molecular weight excluding hydrogens is 291 g/mol. The van der Waals surface area contributed by atoms with Crippen LogP contribution in [0.5, 0.6) is 0 Å². The van der Waals surface area contributed by atoms with Gasteiger partial charge in [0.05, 0.1) is 5.02 Å². The minimum atomic E-state index is 0. The van der Waals surface area contributed by atoms with Crippen molar-refractivity contribution < 1.29 is 4.79 Å². The molecule has 1 saturated heterocycles. The summed E-state index contributed by atoms with van der Waals surface area (Å²) in [4.78, 5) is 14.9. The van der Waals surface area contributed by atoms with E-state index in [0.717, 1.165) is 25.9 Å². The summed E-state index contributed by atoms with van der Waals surface area (Å²) in [6.07, 6.45) is 2.27. The van der Waals surface area contributed by atoms with Crippen LogP contribution in [0.1, 0.15) is 22.5 Å². The molecule has 0 radical (unpaired) electrons. The maximum atomic E-state index is 12.3. The fourth-order valence-electron chi connectivity index (χ4n) is 3.06. The van der Waals surface area contributed by atoms with E-state index in [2.05, 4.69) is 0 Å². The number of likely N-dealkylation sites (tertiary alicyclic amines) is 1. The Kier molecular flexibility index (Phi) is 4.22. The standard InChI is InChI=1S/C12H15ClN2OS.ClH/c13-9-3-4-17-11(9)12(16)15-5-7-1-2-10(14)8(7)6-15;/h3-4,7-8,10H,1-2,5-6,14H2;1H. The monoisotopic (exact) mass is 306 g/mol. The zero-order valence-electron chi connectivity index (χ0n) is 9.84. The van der Waals surface area contributed by atoms with Gasteiger partial charge in [0.1, 0.15) is 4.88 Å². The summed E-state index contributed by atoms with van der Waals surface area (Å²) in [5.74, 6) is 1.18. The fraction of sp³-hybridized carbons (Fsp3) is 0.583. The number of nitrogens with zero attached hydrogens (tertiary/aromatic N) is 1. The number of hydrogen-bond acceptors (Lipinski definition) is 3. The maximum absolute atomic E-state index is 12.3. The number of hydrogen-bond donors (Lipinski definition) is 1. The highest BCUT2D eigenvalue weighted by molar-refractivity contribution is 7.12. The van der Waals surface area contributed by atoms with Crippen molar-refractivity contribution in [1.29, 1.82) is 0 Å². The van der Waals surface area contributed by atoms with E-state index in [9.17, 15) is 4.79 Å². The van der Waals surface area contributed by atoms with Crippen molar-refractivity contribution in [3.8, 4) is 0 Å². The van der Waals surface area contributed by atoms with E-state index in [-0.39, 0.29) is 24.4 Å². The van der Waals surface area contributed by atoms with Gasteiger partial charge in [-0.3, -0.25) is 4.79 Å². The molecule has 2 N–H and O–H groups in total. The molecule has 3 nitrogen and oxygen atoms in total. The molecule has 6 heteroatoms. The summed E-state index contributed by atoms with van der Waals surface area (Å²) in [6.45, 7) is 1.66. The summed E-state index contributed by atoms with van der Waals surface area (Å²) in [5.41, 5.74) is 6.07. The quantitative estimate of drug-likeness (QED) is 0.867. The predicted molar refractivity (Wildman–Crippen MR) is 76.7 cm³/mol. The lowest BCUT2D eigenvalue weighted by atomic mass is 9.98. The summed E-state index contributed by atoms with van der Waals surface area (Å²) < 4.78 is 0.